The van der Waals surface area contributed by atoms with E-state index in [1.165, 1.54) is 6.07 Å². The van der Waals surface area contributed by atoms with Crippen LogP contribution in [0.25, 0.3) is 0 Å². The van der Waals surface area contributed by atoms with Crippen LogP contribution < -0.4 is 5.32 Å². The van der Waals surface area contributed by atoms with Crippen molar-refractivity contribution >= 4 is 5.91 Å². The van der Waals surface area contributed by atoms with Gasteiger partial charge in [-0.25, -0.2) is 4.39 Å². The molecule has 0 aromatic heterocycles. The predicted octanol–water partition coefficient (Wildman–Crippen LogP) is 1.02. The first-order chi connectivity index (χ1) is 8.61. The van der Waals surface area contributed by atoms with Crippen LogP contribution in [0.1, 0.15) is 18.1 Å². The zero-order valence-electron chi connectivity index (χ0n) is 10.1. The SMILES string of the molecule is CC1C(=O)NCCN1Cc1ccc(C#N)cc1F. The number of hydrogen-bond donors (Lipinski definition) is 1. The van der Waals surface area contributed by atoms with Gasteiger partial charge < -0.3 is 5.32 Å². The van der Waals surface area contributed by atoms with Gasteiger partial charge in [0.05, 0.1) is 17.7 Å². The number of rotatable bonds is 2. The first kappa shape index (κ1) is 12.5. The van der Waals surface area contributed by atoms with Crippen molar-refractivity contribution in [3.8, 4) is 6.07 Å². The average molecular weight is 247 g/mol. The van der Waals surface area contributed by atoms with Crippen molar-refractivity contribution in [2.75, 3.05) is 13.1 Å². The molecule has 1 atom stereocenters. The molecule has 4 nitrogen and oxygen atoms in total. The number of amides is 1. The van der Waals surface area contributed by atoms with Gasteiger partial charge >= 0.3 is 0 Å². The molecule has 1 aliphatic heterocycles. The Hall–Kier alpha value is -1.93. The standard InChI is InChI=1S/C13H14FN3O/c1-9-13(18)16-4-5-17(9)8-11-3-2-10(7-15)6-12(11)14/h2-3,6,9H,4-5,8H2,1H3,(H,16,18). The van der Waals surface area contributed by atoms with Gasteiger partial charge in [0.25, 0.3) is 0 Å². The molecule has 5 heteroatoms. The van der Waals surface area contributed by atoms with E-state index in [1.807, 2.05) is 11.0 Å². The van der Waals surface area contributed by atoms with E-state index in [2.05, 4.69) is 5.32 Å². The van der Waals surface area contributed by atoms with Crippen LogP contribution in [0.2, 0.25) is 0 Å². The van der Waals surface area contributed by atoms with Gasteiger partial charge in [0.15, 0.2) is 0 Å². The molecule has 18 heavy (non-hydrogen) atoms. The van der Waals surface area contributed by atoms with Crippen molar-refractivity contribution in [3.05, 3.63) is 35.1 Å². The maximum Gasteiger partial charge on any atom is 0.237 e. The van der Waals surface area contributed by atoms with Crippen molar-refractivity contribution in [2.45, 2.75) is 19.5 Å². The number of carbonyl (C=O) groups is 1. The van der Waals surface area contributed by atoms with E-state index in [4.69, 9.17) is 5.26 Å². The normalized spacial score (nSPS) is 20.3. The number of nitriles is 1. The van der Waals surface area contributed by atoms with E-state index in [0.717, 1.165) is 0 Å². The number of halogens is 1. The van der Waals surface area contributed by atoms with Gasteiger partial charge in [-0.1, -0.05) is 6.07 Å². The Morgan fingerprint density at radius 1 is 1.61 bits per heavy atom. The summed E-state index contributed by atoms with van der Waals surface area (Å²) < 4.78 is 13.7. The molecular weight excluding hydrogens is 233 g/mol. The summed E-state index contributed by atoms with van der Waals surface area (Å²) in [5, 5.41) is 11.4. The largest absolute Gasteiger partial charge is 0.353 e. The van der Waals surface area contributed by atoms with Crippen LogP contribution in [-0.2, 0) is 11.3 Å². The maximum absolute atomic E-state index is 13.7. The van der Waals surface area contributed by atoms with E-state index in [1.54, 1.807) is 19.1 Å². The molecule has 2 rings (SSSR count). The third-order valence-electron chi connectivity index (χ3n) is 3.18. The quantitative estimate of drug-likeness (QED) is 0.848. The van der Waals surface area contributed by atoms with Gasteiger partial charge in [-0.3, -0.25) is 9.69 Å². The fraction of sp³-hybridized carbons (Fsp3) is 0.385. The minimum Gasteiger partial charge on any atom is -0.353 e. The number of hydrogen-bond acceptors (Lipinski definition) is 3. The van der Waals surface area contributed by atoms with Crippen LogP contribution in [-0.4, -0.2) is 29.9 Å². The molecule has 1 aliphatic rings. The minimum absolute atomic E-state index is 0.0321. The molecule has 1 amide bonds. The second kappa shape index (κ2) is 5.15. The predicted molar refractivity (Wildman–Crippen MR) is 64.0 cm³/mol. The zero-order chi connectivity index (χ0) is 13.1. The second-order valence-electron chi connectivity index (χ2n) is 4.36. The Morgan fingerprint density at radius 2 is 2.39 bits per heavy atom. The Morgan fingerprint density at radius 3 is 3.06 bits per heavy atom. The topological polar surface area (TPSA) is 56.1 Å². The molecule has 1 unspecified atom stereocenters. The van der Waals surface area contributed by atoms with Crippen LogP contribution in [0, 0.1) is 17.1 Å². The number of piperazine rings is 1. The molecule has 0 aliphatic carbocycles. The van der Waals surface area contributed by atoms with Crippen LogP contribution in [0.3, 0.4) is 0 Å². The van der Waals surface area contributed by atoms with Gasteiger partial charge in [0.1, 0.15) is 5.82 Å². The number of nitrogens with one attached hydrogen (secondary N) is 1. The van der Waals surface area contributed by atoms with E-state index in [0.29, 0.717) is 30.8 Å². The molecule has 1 heterocycles. The third kappa shape index (κ3) is 2.49. The monoisotopic (exact) mass is 247 g/mol. The number of nitrogens with zero attached hydrogens (tertiary/aromatic N) is 2. The summed E-state index contributed by atoms with van der Waals surface area (Å²) in [7, 11) is 0. The molecule has 0 radical (unpaired) electrons. The van der Waals surface area contributed by atoms with Gasteiger partial charge in [-0.2, -0.15) is 5.26 Å². The van der Waals surface area contributed by atoms with Gasteiger partial charge in [0, 0.05) is 25.2 Å². The Kier molecular flexibility index (Phi) is 3.58. The van der Waals surface area contributed by atoms with Crippen LogP contribution in [0.5, 0.6) is 0 Å². The summed E-state index contributed by atoms with van der Waals surface area (Å²) in [5.41, 5.74) is 0.816. The van der Waals surface area contributed by atoms with Crippen LogP contribution in [0.15, 0.2) is 18.2 Å². The molecule has 1 N–H and O–H groups in total. The number of carbonyl (C=O) groups excluding carboxylic acids is 1. The molecule has 1 saturated heterocycles. The van der Waals surface area contributed by atoms with Crippen LogP contribution in [0.4, 0.5) is 4.39 Å². The maximum atomic E-state index is 13.7. The molecule has 94 valence electrons. The van der Waals surface area contributed by atoms with E-state index < -0.39 is 5.82 Å². The van der Waals surface area contributed by atoms with Gasteiger partial charge in [-0.15, -0.1) is 0 Å². The lowest BCUT2D eigenvalue weighted by Gasteiger charge is -2.32. The van der Waals surface area contributed by atoms with Crippen molar-refractivity contribution in [2.24, 2.45) is 0 Å². The fourth-order valence-electron chi connectivity index (χ4n) is 2.01. The fourth-order valence-corrected chi connectivity index (χ4v) is 2.01. The zero-order valence-corrected chi connectivity index (χ0v) is 10.1. The summed E-state index contributed by atoms with van der Waals surface area (Å²) in [4.78, 5) is 13.4. The summed E-state index contributed by atoms with van der Waals surface area (Å²) in [6, 6.07) is 6.06. The van der Waals surface area contributed by atoms with Crippen molar-refractivity contribution < 1.29 is 9.18 Å². The van der Waals surface area contributed by atoms with Gasteiger partial charge in [-0.05, 0) is 19.1 Å². The summed E-state index contributed by atoms with van der Waals surface area (Å²) in [6.07, 6.45) is 0. The third-order valence-corrected chi connectivity index (χ3v) is 3.18. The van der Waals surface area contributed by atoms with Gasteiger partial charge in [0.2, 0.25) is 5.91 Å². The van der Waals surface area contributed by atoms with E-state index >= 15 is 0 Å². The second-order valence-corrected chi connectivity index (χ2v) is 4.36. The van der Waals surface area contributed by atoms with Crippen molar-refractivity contribution in [1.29, 1.82) is 5.26 Å². The summed E-state index contributed by atoms with van der Waals surface area (Å²) >= 11 is 0. The Labute approximate surface area is 105 Å². The highest BCUT2D eigenvalue weighted by Gasteiger charge is 2.25. The molecular formula is C13H14FN3O. The summed E-state index contributed by atoms with van der Waals surface area (Å²) in [6.45, 7) is 3.47. The van der Waals surface area contributed by atoms with E-state index in [-0.39, 0.29) is 11.9 Å². The molecule has 1 aromatic carbocycles. The lowest BCUT2D eigenvalue weighted by molar-refractivity contribution is -0.128. The highest BCUT2D eigenvalue weighted by molar-refractivity contribution is 5.81. The number of benzene rings is 1. The first-order valence-corrected chi connectivity index (χ1v) is 5.82. The Balaban J connectivity index is 2.14. The van der Waals surface area contributed by atoms with Crippen molar-refractivity contribution in [3.63, 3.8) is 0 Å². The van der Waals surface area contributed by atoms with E-state index in [9.17, 15) is 9.18 Å². The van der Waals surface area contributed by atoms with Crippen molar-refractivity contribution in [1.82, 2.24) is 10.2 Å². The minimum atomic E-state index is -0.396. The smallest absolute Gasteiger partial charge is 0.237 e. The molecule has 1 fully saturated rings. The molecule has 0 saturated carbocycles. The first-order valence-electron chi connectivity index (χ1n) is 5.82. The molecule has 0 spiro atoms. The highest BCUT2D eigenvalue weighted by atomic mass is 19.1. The average Bonchev–Trinajstić information content (AvgIpc) is 2.37. The van der Waals surface area contributed by atoms with Crippen LogP contribution >= 0.6 is 0 Å². The lowest BCUT2D eigenvalue weighted by Crippen LogP contribution is -2.53. The highest BCUT2D eigenvalue weighted by Crippen LogP contribution is 2.15. The Bertz CT molecular complexity index is 509. The lowest BCUT2D eigenvalue weighted by atomic mass is 10.1. The summed E-state index contributed by atoms with van der Waals surface area (Å²) in [5.74, 6) is -0.428. The molecule has 1 aromatic rings. The molecule has 0 bridgehead atoms.